The number of rotatable bonds is 2. The van der Waals surface area contributed by atoms with Gasteiger partial charge in [0.1, 0.15) is 0 Å². The third-order valence-electron chi connectivity index (χ3n) is 4.86. The minimum atomic E-state index is 0.0604. The van der Waals surface area contributed by atoms with E-state index < -0.39 is 0 Å². The van der Waals surface area contributed by atoms with Crippen molar-refractivity contribution >= 4 is 5.91 Å². The maximum atomic E-state index is 12.7. The molecule has 0 radical (unpaired) electrons. The maximum Gasteiger partial charge on any atom is 0.223 e. The van der Waals surface area contributed by atoms with Gasteiger partial charge < -0.3 is 10.6 Å². The topological polar surface area (TPSA) is 59.0 Å². The van der Waals surface area contributed by atoms with Crippen molar-refractivity contribution in [1.82, 2.24) is 20.4 Å². The highest BCUT2D eigenvalue weighted by molar-refractivity contribution is 5.79. The summed E-state index contributed by atoms with van der Waals surface area (Å²) in [5.74, 6) is 0.302. The predicted molar refractivity (Wildman–Crippen MR) is 86.5 cm³/mol. The fourth-order valence-electron chi connectivity index (χ4n) is 4.33. The average molecular weight is 304 g/mol. The number of carbonyl (C=O) groups excluding carboxylic acids is 1. The molecule has 0 bridgehead atoms. The molecule has 1 fully saturated rings. The van der Waals surface area contributed by atoms with Crippen LogP contribution in [-0.4, -0.2) is 32.8 Å². The fourth-order valence-corrected chi connectivity index (χ4v) is 4.33. The standard InChI is InChI=1S/C17H28N4O/c1-16(2)10-13(11-17(3,4)20-16)19-15(22)12-6-8-21-14(9-12)5-7-18-21/h5,7,12-13,20H,6,8-11H2,1-4H3,(H,19,22). The Morgan fingerprint density at radius 1 is 1.32 bits per heavy atom. The van der Waals surface area contributed by atoms with Crippen LogP contribution in [0.2, 0.25) is 0 Å². The number of carbonyl (C=O) groups is 1. The van der Waals surface area contributed by atoms with Crippen LogP contribution in [0.5, 0.6) is 0 Å². The van der Waals surface area contributed by atoms with E-state index in [-0.39, 0.29) is 28.9 Å². The Bertz CT molecular complexity index is 545. The largest absolute Gasteiger partial charge is 0.353 e. The normalized spacial score (nSPS) is 27.2. The summed E-state index contributed by atoms with van der Waals surface area (Å²) in [4.78, 5) is 12.7. The molecular formula is C17H28N4O. The van der Waals surface area contributed by atoms with Crippen molar-refractivity contribution in [3.05, 3.63) is 18.0 Å². The van der Waals surface area contributed by atoms with Gasteiger partial charge in [-0.3, -0.25) is 9.48 Å². The number of aryl methyl sites for hydroxylation is 1. The minimum absolute atomic E-state index is 0.0604. The molecule has 122 valence electrons. The molecule has 1 saturated heterocycles. The van der Waals surface area contributed by atoms with Gasteiger partial charge in [0.05, 0.1) is 0 Å². The lowest BCUT2D eigenvalue weighted by Crippen LogP contribution is -2.62. The number of hydrogen-bond donors (Lipinski definition) is 2. The highest BCUT2D eigenvalue weighted by atomic mass is 16.2. The van der Waals surface area contributed by atoms with Gasteiger partial charge in [0.2, 0.25) is 5.91 Å². The van der Waals surface area contributed by atoms with Crippen LogP contribution in [0.1, 0.15) is 52.7 Å². The van der Waals surface area contributed by atoms with Crippen LogP contribution in [0.3, 0.4) is 0 Å². The van der Waals surface area contributed by atoms with Crippen molar-refractivity contribution in [1.29, 1.82) is 0 Å². The van der Waals surface area contributed by atoms with E-state index in [2.05, 4.69) is 43.4 Å². The zero-order valence-electron chi connectivity index (χ0n) is 14.1. The van der Waals surface area contributed by atoms with Crippen LogP contribution >= 0.6 is 0 Å². The van der Waals surface area contributed by atoms with E-state index >= 15 is 0 Å². The van der Waals surface area contributed by atoms with E-state index in [1.165, 1.54) is 5.69 Å². The Kier molecular flexibility index (Phi) is 3.79. The van der Waals surface area contributed by atoms with Crippen LogP contribution in [0.25, 0.3) is 0 Å². The third kappa shape index (κ3) is 3.35. The quantitative estimate of drug-likeness (QED) is 0.877. The molecule has 0 aliphatic carbocycles. The van der Waals surface area contributed by atoms with Crippen LogP contribution in [0.15, 0.2) is 12.3 Å². The van der Waals surface area contributed by atoms with Gasteiger partial charge in [-0.2, -0.15) is 5.10 Å². The molecule has 1 unspecified atom stereocenters. The van der Waals surface area contributed by atoms with E-state index in [0.717, 1.165) is 32.2 Å². The van der Waals surface area contributed by atoms with Crippen molar-refractivity contribution < 1.29 is 4.79 Å². The number of aromatic nitrogens is 2. The van der Waals surface area contributed by atoms with Gasteiger partial charge >= 0.3 is 0 Å². The van der Waals surface area contributed by atoms with Gasteiger partial charge in [-0.15, -0.1) is 0 Å². The molecule has 0 spiro atoms. The number of fused-ring (bicyclic) bond motifs is 1. The van der Waals surface area contributed by atoms with Crippen molar-refractivity contribution in [2.75, 3.05) is 0 Å². The van der Waals surface area contributed by atoms with Crippen LogP contribution in [-0.2, 0) is 17.8 Å². The first-order valence-electron chi connectivity index (χ1n) is 8.35. The maximum absolute atomic E-state index is 12.7. The minimum Gasteiger partial charge on any atom is -0.353 e. The zero-order chi connectivity index (χ0) is 16.0. The second-order valence-corrected chi connectivity index (χ2v) is 8.24. The number of nitrogens with zero attached hydrogens (tertiary/aromatic N) is 2. The van der Waals surface area contributed by atoms with E-state index in [1.54, 1.807) is 0 Å². The molecule has 0 aromatic carbocycles. The molecule has 2 aliphatic heterocycles. The first kappa shape index (κ1) is 15.5. The van der Waals surface area contributed by atoms with Crippen molar-refractivity contribution in [3.8, 4) is 0 Å². The summed E-state index contributed by atoms with van der Waals surface area (Å²) < 4.78 is 2.01. The summed E-state index contributed by atoms with van der Waals surface area (Å²) in [5, 5.41) is 11.3. The molecule has 1 atom stereocenters. The Morgan fingerprint density at radius 2 is 2.00 bits per heavy atom. The van der Waals surface area contributed by atoms with Gasteiger partial charge in [-0.25, -0.2) is 0 Å². The van der Waals surface area contributed by atoms with Gasteiger partial charge in [0, 0.05) is 47.9 Å². The molecule has 3 heterocycles. The zero-order valence-corrected chi connectivity index (χ0v) is 14.1. The average Bonchev–Trinajstić information content (AvgIpc) is 2.81. The lowest BCUT2D eigenvalue weighted by molar-refractivity contribution is -0.126. The molecule has 0 saturated carbocycles. The summed E-state index contributed by atoms with van der Waals surface area (Å²) in [6.45, 7) is 9.71. The van der Waals surface area contributed by atoms with Crippen molar-refractivity contribution in [2.24, 2.45) is 5.92 Å². The molecule has 5 nitrogen and oxygen atoms in total. The molecule has 3 rings (SSSR count). The monoisotopic (exact) mass is 304 g/mol. The van der Waals surface area contributed by atoms with E-state index in [1.807, 2.05) is 16.9 Å². The third-order valence-corrected chi connectivity index (χ3v) is 4.86. The first-order valence-corrected chi connectivity index (χ1v) is 8.35. The number of piperidine rings is 1. The molecular weight excluding hydrogens is 276 g/mol. The van der Waals surface area contributed by atoms with Crippen molar-refractivity contribution in [2.45, 2.75) is 77.0 Å². The first-order chi connectivity index (χ1) is 10.2. The molecule has 2 N–H and O–H groups in total. The summed E-state index contributed by atoms with van der Waals surface area (Å²) >= 11 is 0. The summed E-state index contributed by atoms with van der Waals surface area (Å²) in [7, 11) is 0. The van der Waals surface area contributed by atoms with Gasteiger partial charge in [-0.1, -0.05) is 0 Å². The van der Waals surface area contributed by atoms with Crippen LogP contribution in [0, 0.1) is 5.92 Å². The van der Waals surface area contributed by atoms with Gasteiger partial charge in [0.15, 0.2) is 0 Å². The summed E-state index contributed by atoms with van der Waals surface area (Å²) in [5.41, 5.74) is 1.30. The number of nitrogens with one attached hydrogen (secondary N) is 2. The Labute approximate surface area is 132 Å². The van der Waals surface area contributed by atoms with Gasteiger partial charge in [0.25, 0.3) is 0 Å². The Balaban J connectivity index is 1.62. The Hall–Kier alpha value is -1.36. The molecule has 2 aliphatic rings. The smallest absolute Gasteiger partial charge is 0.223 e. The van der Waals surface area contributed by atoms with Gasteiger partial charge in [-0.05, 0) is 53.0 Å². The van der Waals surface area contributed by atoms with Crippen molar-refractivity contribution in [3.63, 3.8) is 0 Å². The summed E-state index contributed by atoms with van der Waals surface area (Å²) in [6.07, 6.45) is 5.48. The highest BCUT2D eigenvalue weighted by Gasteiger charge is 2.39. The van der Waals surface area contributed by atoms with Crippen LogP contribution in [0.4, 0.5) is 0 Å². The molecule has 1 aromatic rings. The van der Waals surface area contributed by atoms with E-state index in [9.17, 15) is 4.79 Å². The highest BCUT2D eigenvalue weighted by Crippen LogP contribution is 2.29. The SMILES string of the molecule is CC1(C)CC(NC(=O)C2CCn3nccc3C2)CC(C)(C)N1. The predicted octanol–water partition coefficient (Wildman–Crippen LogP) is 1.87. The van der Waals surface area contributed by atoms with E-state index in [4.69, 9.17) is 0 Å². The second kappa shape index (κ2) is 5.37. The second-order valence-electron chi connectivity index (χ2n) is 8.24. The molecule has 22 heavy (non-hydrogen) atoms. The number of hydrogen-bond acceptors (Lipinski definition) is 3. The lowest BCUT2D eigenvalue weighted by Gasteiger charge is -2.46. The number of amides is 1. The lowest BCUT2D eigenvalue weighted by atomic mass is 9.79. The molecule has 1 aromatic heterocycles. The Morgan fingerprint density at radius 3 is 2.68 bits per heavy atom. The van der Waals surface area contributed by atoms with Crippen LogP contribution < -0.4 is 10.6 Å². The molecule has 5 heteroatoms. The fraction of sp³-hybridized carbons (Fsp3) is 0.765. The molecule has 1 amide bonds. The summed E-state index contributed by atoms with van der Waals surface area (Å²) in [6, 6.07) is 2.28. The van der Waals surface area contributed by atoms with E-state index in [0.29, 0.717) is 0 Å².